The van der Waals surface area contributed by atoms with Crippen LogP contribution in [0.5, 0.6) is 0 Å². The molecule has 1 aliphatic heterocycles. The van der Waals surface area contributed by atoms with Crippen LogP contribution in [0.15, 0.2) is 0 Å². The van der Waals surface area contributed by atoms with Crippen LogP contribution >= 0.6 is 11.8 Å². The van der Waals surface area contributed by atoms with E-state index in [1.807, 2.05) is 11.8 Å². The molecular weight excluding hydrogens is 184 g/mol. The molecule has 0 amide bonds. The maximum atomic E-state index is 7.93. The molecule has 0 aromatic carbocycles. The Balaban J connectivity index is 2.44. The van der Waals surface area contributed by atoms with Crippen LogP contribution in [-0.4, -0.2) is 48.0 Å². The van der Waals surface area contributed by atoms with E-state index in [9.17, 15) is 0 Å². The SMILES string of the molecule is CCN(CC)C(=N)C1CSCCO1. The minimum absolute atomic E-state index is 0.0265. The molecule has 0 spiro atoms. The first-order valence-corrected chi connectivity index (χ1v) is 5.97. The lowest BCUT2D eigenvalue weighted by atomic mass is 10.3. The summed E-state index contributed by atoms with van der Waals surface area (Å²) in [7, 11) is 0. The molecular formula is C9H18N2OS. The zero-order valence-electron chi connectivity index (χ0n) is 8.38. The van der Waals surface area contributed by atoms with E-state index in [0.29, 0.717) is 5.84 Å². The monoisotopic (exact) mass is 202 g/mol. The van der Waals surface area contributed by atoms with Crippen molar-refractivity contribution in [2.75, 3.05) is 31.2 Å². The summed E-state index contributed by atoms with van der Waals surface area (Å²) < 4.78 is 5.54. The van der Waals surface area contributed by atoms with Crippen LogP contribution in [0.2, 0.25) is 0 Å². The second-order valence-electron chi connectivity index (χ2n) is 2.99. The van der Waals surface area contributed by atoms with Crippen molar-refractivity contribution >= 4 is 17.6 Å². The van der Waals surface area contributed by atoms with Gasteiger partial charge in [0.05, 0.1) is 6.61 Å². The van der Waals surface area contributed by atoms with Crippen LogP contribution < -0.4 is 0 Å². The van der Waals surface area contributed by atoms with Gasteiger partial charge in [0.15, 0.2) is 0 Å². The summed E-state index contributed by atoms with van der Waals surface area (Å²) in [6.45, 7) is 6.75. The third kappa shape index (κ3) is 2.88. The number of thioether (sulfide) groups is 1. The number of nitrogens with zero attached hydrogens (tertiary/aromatic N) is 1. The highest BCUT2D eigenvalue weighted by Gasteiger charge is 2.21. The maximum absolute atomic E-state index is 7.93. The molecule has 1 unspecified atom stereocenters. The molecule has 1 heterocycles. The zero-order valence-corrected chi connectivity index (χ0v) is 9.19. The van der Waals surface area contributed by atoms with Crippen LogP contribution in [0.1, 0.15) is 13.8 Å². The van der Waals surface area contributed by atoms with E-state index in [4.69, 9.17) is 10.1 Å². The van der Waals surface area contributed by atoms with Gasteiger partial charge in [-0.25, -0.2) is 0 Å². The topological polar surface area (TPSA) is 36.3 Å². The van der Waals surface area contributed by atoms with Gasteiger partial charge in [-0.3, -0.25) is 5.41 Å². The molecule has 1 aliphatic rings. The Kier molecular flexibility index (Phi) is 4.59. The van der Waals surface area contributed by atoms with Crippen molar-refractivity contribution in [2.24, 2.45) is 0 Å². The van der Waals surface area contributed by atoms with Crippen LogP contribution in [0.4, 0.5) is 0 Å². The van der Waals surface area contributed by atoms with Gasteiger partial charge in [0.2, 0.25) is 0 Å². The van der Waals surface area contributed by atoms with Gasteiger partial charge in [-0.15, -0.1) is 0 Å². The summed E-state index contributed by atoms with van der Waals surface area (Å²) in [6.07, 6.45) is 0.0265. The van der Waals surface area contributed by atoms with Gasteiger partial charge in [0.1, 0.15) is 11.9 Å². The standard InChI is InChI=1S/C9H18N2OS/c1-3-11(4-2)9(10)8-7-13-6-5-12-8/h8,10H,3-7H2,1-2H3. The lowest BCUT2D eigenvalue weighted by molar-refractivity contribution is 0.111. The predicted molar refractivity (Wildman–Crippen MR) is 57.7 cm³/mol. The Morgan fingerprint density at radius 3 is 2.69 bits per heavy atom. The zero-order chi connectivity index (χ0) is 9.68. The summed E-state index contributed by atoms with van der Waals surface area (Å²) in [6, 6.07) is 0. The van der Waals surface area contributed by atoms with Gasteiger partial charge in [0, 0.05) is 24.6 Å². The number of ether oxygens (including phenoxy) is 1. The molecule has 3 nitrogen and oxygen atoms in total. The van der Waals surface area contributed by atoms with Gasteiger partial charge < -0.3 is 9.64 Å². The molecule has 0 saturated carbocycles. The van der Waals surface area contributed by atoms with E-state index in [1.54, 1.807) is 0 Å². The fraction of sp³-hybridized carbons (Fsp3) is 0.889. The molecule has 1 rings (SSSR count). The van der Waals surface area contributed by atoms with Crippen molar-refractivity contribution in [2.45, 2.75) is 20.0 Å². The Labute approximate surface area is 84.3 Å². The average molecular weight is 202 g/mol. The Morgan fingerprint density at radius 1 is 1.54 bits per heavy atom. The maximum Gasteiger partial charge on any atom is 0.126 e. The molecule has 0 aromatic rings. The normalized spacial score (nSPS) is 22.8. The lowest BCUT2D eigenvalue weighted by Crippen LogP contribution is -2.42. The van der Waals surface area contributed by atoms with Crippen LogP contribution in [-0.2, 0) is 4.74 Å². The van der Waals surface area contributed by atoms with Gasteiger partial charge >= 0.3 is 0 Å². The van der Waals surface area contributed by atoms with E-state index >= 15 is 0 Å². The predicted octanol–water partition coefficient (Wildman–Crippen LogP) is 1.44. The quantitative estimate of drug-likeness (QED) is 0.555. The Morgan fingerprint density at radius 2 is 2.23 bits per heavy atom. The van der Waals surface area contributed by atoms with E-state index in [-0.39, 0.29) is 6.10 Å². The molecule has 1 fully saturated rings. The molecule has 1 N–H and O–H groups in total. The van der Waals surface area contributed by atoms with Crippen molar-refractivity contribution in [3.63, 3.8) is 0 Å². The Hall–Kier alpha value is -0.220. The van der Waals surface area contributed by atoms with Gasteiger partial charge in [0.25, 0.3) is 0 Å². The number of nitrogens with one attached hydrogen (secondary N) is 1. The smallest absolute Gasteiger partial charge is 0.126 e. The molecule has 0 bridgehead atoms. The molecule has 0 aromatic heterocycles. The Bertz CT molecular complexity index is 165. The first kappa shape index (κ1) is 10.9. The number of hydrogen-bond donors (Lipinski definition) is 1. The first-order valence-electron chi connectivity index (χ1n) is 4.82. The van der Waals surface area contributed by atoms with E-state index < -0.39 is 0 Å². The minimum atomic E-state index is 0.0265. The van der Waals surface area contributed by atoms with Crippen molar-refractivity contribution < 1.29 is 4.74 Å². The van der Waals surface area contributed by atoms with Crippen molar-refractivity contribution in [1.29, 1.82) is 5.41 Å². The second kappa shape index (κ2) is 5.50. The van der Waals surface area contributed by atoms with Crippen molar-refractivity contribution in [3.8, 4) is 0 Å². The van der Waals surface area contributed by atoms with E-state index in [2.05, 4.69) is 18.7 Å². The van der Waals surface area contributed by atoms with Gasteiger partial charge in [-0.1, -0.05) is 0 Å². The van der Waals surface area contributed by atoms with Crippen LogP contribution in [0, 0.1) is 5.41 Å². The number of rotatable bonds is 3. The fourth-order valence-electron chi connectivity index (χ4n) is 1.41. The van der Waals surface area contributed by atoms with Gasteiger partial charge in [-0.05, 0) is 13.8 Å². The van der Waals surface area contributed by atoms with E-state index in [0.717, 1.165) is 31.2 Å². The summed E-state index contributed by atoms with van der Waals surface area (Å²) >= 11 is 1.88. The molecule has 0 aliphatic carbocycles. The summed E-state index contributed by atoms with van der Waals surface area (Å²) in [5.74, 6) is 2.66. The summed E-state index contributed by atoms with van der Waals surface area (Å²) in [5, 5.41) is 7.93. The largest absolute Gasteiger partial charge is 0.369 e. The molecule has 76 valence electrons. The highest BCUT2D eigenvalue weighted by molar-refractivity contribution is 7.99. The van der Waals surface area contributed by atoms with Crippen LogP contribution in [0.25, 0.3) is 0 Å². The summed E-state index contributed by atoms with van der Waals surface area (Å²) in [4.78, 5) is 2.05. The lowest BCUT2D eigenvalue weighted by Gasteiger charge is -2.30. The fourth-order valence-corrected chi connectivity index (χ4v) is 2.26. The third-order valence-corrected chi connectivity index (χ3v) is 3.22. The highest BCUT2D eigenvalue weighted by Crippen LogP contribution is 2.14. The second-order valence-corrected chi connectivity index (χ2v) is 4.14. The number of amidine groups is 1. The molecule has 1 atom stereocenters. The first-order chi connectivity index (χ1) is 6.29. The van der Waals surface area contributed by atoms with Gasteiger partial charge in [-0.2, -0.15) is 11.8 Å². The average Bonchev–Trinajstić information content (AvgIpc) is 2.21. The number of hydrogen-bond acceptors (Lipinski definition) is 3. The minimum Gasteiger partial charge on any atom is -0.369 e. The number of likely N-dealkylation sites (N-methyl/N-ethyl adjacent to an activating group) is 1. The molecule has 1 saturated heterocycles. The molecule has 0 radical (unpaired) electrons. The molecule has 4 heteroatoms. The summed E-state index contributed by atoms with van der Waals surface area (Å²) in [5.41, 5.74) is 0. The highest BCUT2D eigenvalue weighted by atomic mass is 32.2. The molecule has 13 heavy (non-hydrogen) atoms. The van der Waals surface area contributed by atoms with Crippen molar-refractivity contribution in [3.05, 3.63) is 0 Å². The van der Waals surface area contributed by atoms with E-state index in [1.165, 1.54) is 0 Å². The van der Waals surface area contributed by atoms with Crippen molar-refractivity contribution in [1.82, 2.24) is 4.90 Å². The third-order valence-electron chi connectivity index (χ3n) is 2.23. The van der Waals surface area contributed by atoms with Crippen LogP contribution in [0.3, 0.4) is 0 Å².